The Hall–Kier alpha value is -0.240. The summed E-state index contributed by atoms with van der Waals surface area (Å²) in [4.78, 5) is 0.979. The van der Waals surface area contributed by atoms with Crippen molar-refractivity contribution in [3.63, 3.8) is 0 Å². The number of rotatable bonds is 1. The summed E-state index contributed by atoms with van der Waals surface area (Å²) in [5.41, 5.74) is 0. The Kier molecular flexibility index (Phi) is 2.76. The summed E-state index contributed by atoms with van der Waals surface area (Å²) < 4.78 is 0. The molecule has 0 spiro atoms. The molecule has 0 aliphatic carbocycles. The highest BCUT2D eigenvalue weighted by molar-refractivity contribution is 8.16. The summed E-state index contributed by atoms with van der Waals surface area (Å²) in [6.45, 7) is 7.26. The van der Waals surface area contributed by atoms with Crippen LogP contribution in [0.25, 0.3) is 0 Å². The summed E-state index contributed by atoms with van der Waals surface area (Å²) in [6, 6.07) is 0. The summed E-state index contributed by atoms with van der Waals surface area (Å²) >= 11 is 1.40. The lowest BCUT2D eigenvalue weighted by molar-refractivity contribution is 1.53. The zero-order chi connectivity index (χ0) is 5.86. The van der Waals surface area contributed by atoms with Crippen molar-refractivity contribution in [1.29, 1.82) is 5.41 Å². The van der Waals surface area contributed by atoms with Gasteiger partial charge in [0.25, 0.3) is 0 Å². The Bertz CT molecular complexity index is 84.3. The highest BCUT2D eigenvalue weighted by atomic mass is 32.2. The third-order valence-corrected chi connectivity index (χ3v) is 0.982. The second-order valence-electron chi connectivity index (χ2n) is 1.36. The molecule has 0 unspecified atom stereocenters. The minimum absolute atomic E-state index is 0.604. The third kappa shape index (κ3) is 5.76. The highest BCUT2D eigenvalue weighted by Crippen LogP contribution is 2.11. The molecule has 0 aromatic heterocycles. The average Bonchev–Trinajstić information content (AvgIpc) is 1.27. The van der Waals surface area contributed by atoms with Gasteiger partial charge in [-0.2, -0.15) is 0 Å². The fraction of sp³-hybridized carbons (Fsp3) is 0.400. The van der Waals surface area contributed by atoms with Crippen molar-refractivity contribution in [2.24, 2.45) is 0 Å². The summed E-state index contributed by atoms with van der Waals surface area (Å²) in [5, 5.41) is 7.53. The van der Waals surface area contributed by atoms with Crippen LogP contribution in [0.3, 0.4) is 0 Å². The second-order valence-corrected chi connectivity index (χ2v) is 2.87. The molecule has 2 heteroatoms. The van der Waals surface area contributed by atoms with Crippen molar-refractivity contribution < 1.29 is 0 Å². The molecular weight excluding hydrogens is 106 g/mol. The summed E-state index contributed by atoms with van der Waals surface area (Å²) in [5.74, 6) is 0. The van der Waals surface area contributed by atoms with E-state index < -0.39 is 0 Å². The SMILES string of the molecule is C=C(C)SC(C)=N. The van der Waals surface area contributed by atoms with Gasteiger partial charge in [0.2, 0.25) is 0 Å². The van der Waals surface area contributed by atoms with Crippen LogP contribution in [0.4, 0.5) is 0 Å². The maximum atomic E-state index is 6.93. The fourth-order valence-electron chi connectivity index (χ4n) is 0.261. The topological polar surface area (TPSA) is 23.9 Å². The van der Waals surface area contributed by atoms with Crippen LogP contribution in [0.1, 0.15) is 13.8 Å². The second kappa shape index (κ2) is 2.86. The molecule has 0 aliphatic heterocycles. The van der Waals surface area contributed by atoms with Gasteiger partial charge >= 0.3 is 0 Å². The van der Waals surface area contributed by atoms with Gasteiger partial charge in [-0.15, -0.1) is 0 Å². The van der Waals surface area contributed by atoms with Gasteiger partial charge in [-0.1, -0.05) is 18.3 Å². The van der Waals surface area contributed by atoms with E-state index in [1.54, 1.807) is 6.92 Å². The molecule has 1 nitrogen and oxygen atoms in total. The lowest BCUT2D eigenvalue weighted by atomic mass is 10.8. The van der Waals surface area contributed by atoms with Crippen LogP contribution in [0.2, 0.25) is 0 Å². The molecule has 0 aromatic rings. The number of hydrogen-bond donors (Lipinski definition) is 1. The molecule has 0 atom stereocenters. The minimum atomic E-state index is 0.604. The van der Waals surface area contributed by atoms with Gasteiger partial charge in [-0.05, 0) is 18.8 Å². The predicted molar refractivity (Wildman–Crippen MR) is 35.8 cm³/mol. The molecule has 0 radical (unpaired) electrons. The van der Waals surface area contributed by atoms with Gasteiger partial charge in [0.1, 0.15) is 0 Å². The smallest absolute Gasteiger partial charge is 0.0654 e. The van der Waals surface area contributed by atoms with Crippen molar-refractivity contribution >= 4 is 16.8 Å². The van der Waals surface area contributed by atoms with Gasteiger partial charge in [0, 0.05) is 0 Å². The lowest BCUT2D eigenvalue weighted by Crippen LogP contribution is -1.75. The first-order chi connectivity index (χ1) is 3.13. The highest BCUT2D eigenvalue weighted by Gasteiger charge is 1.85. The molecule has 0 heterocycles. The van der Waals surface area contributed by atoms with E-state index in [9.17, 15) is 0 Å². The van der Waals surface area contributed by atoms with E-state index in [1.807, 2.05) is 6.92 Å². The van der Waals surface area contributed by atoms with E-state index in [2.05, 4.69) is 6.58 Å². The van der Waals surface area contributed by atoms with Crippen molar-refractivity contribution in [3.05, 3.63) is 11.5 Å². The Morgan fingerprint density at radius 3 is 2.00 bits per heavy atom. The van der Waals surface area contributed by atoms with Gasteiger partial charge in [-0.25, -0.2) is 0 Å². The van der Waals surface area contributed by atoms with Crippen molar-refractivity contribution in [1.82, 2.24) is 0 Å². The zero-order valence-corrected chi connectivity index (χ0v) is 5.43. The van der Waals surface area contributed by atoms with Crippen LogP contribution in [0.15, 0.2) is 11.5 Å². The number of hydrogen-bond acceptors (Lipinski definition) is 2. The van der Waals surface area contributed by atoms with E-state index in [4.69, 9.17) is 5.41 Å². The molecule has 0 aromatic carbocycles. The van der Waals surface area contributed by atoms with Crippen molar-refractivity contribution in [2.75, 3.05) is 0 Å². The molecular formula is C5H9NS. The zero-order valence-electron chi connectivity index (χ0n) is 4.62. The van der Waals surface area contributed by atoms with Gasteiger partial charge < -0.3 is 0 Å². The molecule has 0 saturated carbocycles. The quantitative estimate of drug-likeness (QED) is 0.411. The number of allylic oxidation sites excluding steroid dienone is 1. The van der Waals surface area contributed by atoms with Crippen LogP contribution in [0.5, 0.6) is 0 Å². The maximum Gasteiger partial charge on any atom is 0.0654 e. The lowest BCUT2D eigenvalue weighted by Gasteiger charge is -1.90. The molecule has 0 saturated heterocycles. The van der Waals surface area contributed by atoms with Crippen LogP contribution in [-0.4, -0.2) is 5.04 Å². The van der Waals surface area contributed by atoms with Crippen LogP contribution in [-0.2, 0) is 0 Å². The van der Waals surface area contributed by atoms with Crippen LogP contribution in [0, 0.1) is 5.41 Å². The molecule has 7 heavy (non-hydrogen) atoms. The largest absolute Gasteiger partial charge is 0.298 e. The van der Waals surface area contributed by atoms with Gasteiger partial charge in [0.15, 0.2) is 0 Å². The standard InChI is InChI=1S/C5H9NS/c1-4(2)7-5(3)6/h6H,1H2,2-3H3. The Labute approximate surface area is 48.3 Å². The van der Waals surface area contributed by atoms with Crippen LogP contribution >= 0.6 is 11.8 Å². The van der Waals surface area contributed by atoms with E-state index >= 15 is 0 Å². The first-order valence-electron chi connectivity index (χ1n) is 2.01. The van der Waals surface area contributed by atoms with E-state index in [1.165, 1.54) is 11.8 Å². The number of nitrogens with one attached hydrogen (secondary N) is 1. The summed E-state index contributed by atoms with van der Waals surface area (Å²) in [6.07, 6.45) is 0. The molecule has 0 bridgehead atoms. The average molecular weight is 115 g/mol. The Balaban J connectivity index is 3.32. The molecule has 1 N–H and O–H groups in total. The van der Waals surface area contributed by atoms with Crippen molar-refractivity contribution in [2.45, 2.75) is 13.8 Å². The maximum absolute atomic E-state index is 6.93. The van der Waals surface area contributed by atoms with E-state index in [-0.39, 0.29) is 0 Å². The first kappa shape index (κ1) is 6.76. The third-order valence-electron chi connectivity index (χ3n) is 0.327. The predicted octanol–water partition coefficient (Wildman–Crippen LogP) is 2.25. The van der Waals surface area contributed by atoms with Gasteiger partial charge in [0.05, 0.1) is 5.04 Å². The van der Waals surface area contributed by atoms with Crippen LogP contribution < -0.4 is 0 Å². The Morgan fingerprint density at radius 1 is 1.57 bits per heavy atom. The molecule has 0 aliphatic rings. The normalized spacial score (nSPS) is 8.29. The summed E-state index contributed by atoms with van der Waals surface area (Å²) in [7, 11) is 0. The van der Waals surface area contributed by atoms with E-state index in [0.29, 0.717) is 5.04 Å². The molecule has 40 valence electrons. The van der Waals surface area contributed by atoms with Gasteiger partial charge in [-0.3, -0.25) is 5.41 Å². The fourth-order valence-corrected chi connectivity index (χ4v) is 0.784. The minimum Gasteiger partial charge on any atom is -0.298 e. The van der Waals surface area contributed by atoms with E-state index in [0.717, 1.165) is 4.91 Å². The molecule has 0 rings (SSSR count). The molecule has 0 fully saturated rings. The Morgan fingerprint density at radius 2 is 2.00 bits per heavy atom. The molecule has 0 amide bonds. The monoisotopic (exact) mass is 115 g/mol. The number of thioether (sulfide) groups is 1. The first-order valence-corrected chi connectivity index (χ1v) is 2.83. The van der Waals surface area contributed by atoms with Crippen molar-refractivity contribution in [3.8, 4) is 0 Å².